The summed E-state index contributed by atoms with van der Waals surface area (Å²) in [5.41, 5.74) is 4.40. The molecule has 35 heavy (non-hydrogen) atoms. The van der Waals surface area contributed by atoms with E-state index in [0.717, 1.165) is 24.9 Å². The van der Waals surface area contributed by atoms with Crippen LogP contribution in [0.15, 0.2) is 76.5 Å². The molecule has 1 heterocycles. The molecule has 1 aromatic heterocycles. The summed E-state index contributed by atoms with van der Waals surface area (Å²) in [5.74, 6) is -0.640. The summed E-state index contributed by atoms with van der Waals surface area (Å²) in [6.07, 6.45) is 6.01. The molecule has 1 N–H and O–H groups in total. The van der Waals surface area contributed by atoms with Gasteiger partial charge in [-0.15, -0.1) is 0 Å². The summed E-state index contributed by atoms with van der Waals surface area (Å²) >= 11 is 0. The fourth-order valence-electron chi connectivity index (χ4n) is 4.71. The van der Waals surface area contributed by atoms with Crippen LogP contribution in [-0.2, 0) is 17.6 Å². The molecule has 0 bridgehead atoms. The van der Waals surface area contributed by atoms with Crippen molar-refractivity contribution < 1.29 is 14.6 Å². The summed E-state index contributed by atoms with van der Waals surface area (Å²) in [6, 6.07) is 19.7. The van der Waals surface area contributed by atoms with Crippen LogP contribution in [0.4, 0.5) is 5.69 Å². The normalized spacial score (nSPS) is 13.2. The maximum absolute atomic E-state index is 13.4. The van der Waals surface area contributed by atoms with Gasteiger partial charge in [-0.3, -0.25) is 9.79 Å². The molecule has 0 fully saturated rings. The Hall–Kier alpha value is -4.19. The fourth-order valence-corrected chi connectivity index (χ4v) is 4.71. The van der Waals surface area contributed by atoms with Crippen molar-refractivity contribution in [2.75, 3.05) is 6.61 Å². The first kappa shape index (κ1) is 22.6. The first-order chi connectivity index (χ1) is 17.1. The standard InChI is InChI=1S/C29H26N2O4/c1-2-35-29(34)20-14-16-21(17-15-20)31-27(32)24-12-6-5-11-23(24)25(28(31)33)18-30-26-13-7-9-19-8-3-4-10-22(19)26/h5-7,9,11-18,33H,2-4,8,10H2,1H3. The van der Waals surface area contributed by atoms with Crippen LogP contribution in [0.2, 0.25) is 0 Å². The van der Waals surface area contributed by atoms with Crippen LogP contribution < -0.4 is 5.56 Å². The smallest absolute Gasteiger partial charge is 0.338 e. The van der Waals surface area contributed by atoms with Crippen molar-refractivity contribution >= 4 is 28.6 Å². The van der Waals surface area contributed by atoms with E-state index >= 15 is 0 Å². The lowest BCUT2D eigenvalue weighted by Crippen LogP contribution is -2.20. The summed E-state index contributed by atoms with van der Waals surface area (Å²) in [5, 5.41) is 12.4. The van der Waals surface area contributed by atoms with E-state index in [4.69, 9.17) is 9.73 Å². The number of carbonyl (C=O) groups is 1. The average molecular weight is 467 g/mol. The van der Waals surface area contributed by atoms with Crippen molar-refractivity contribution in [3.8, 4) is 11.6 Å². The predicted molar refractivity (Wildman–Crippen MR) is 138 cm³/mol. The first-order valence-electron chi connectivity index (χ1n) is 11.9. The van der Waals surface area contributed by atoms with Gasteiger partial charge >= 0.3 is 5.97 Å². The van der Waals surface area contributed by atoms with Crippen LogP contribution in [0.25, 0.3) is 16.5 Å². The van der Waals surface area contributed by atoms with Crippen molar-refractivity contribution in [3.63, 3.8) is 0 Å². The Morgan fingerprint density at radius 3 is 2.51 bits per heavy atom. The minimum absolute atomic E-state index is 0.203. The summed E-state index contributed by atoms with van der Waals surface area (Å²) in [7, 11) is 0. The first-order valence-corrected chi connectivity index (χ1v) is 11.9. The fraction of sp³-hybridized carbons (Fsp3) is 0.207. The molecule has 0 spiro atoms. The Labute approximate surface area is 203 Å². The van der Waals surface area contributed by atoms with Crippen LogP contribution in [0.3, 0.4) is 0 Å². The summed E-state index contributed by atoms with van der Waals surface area (Å²) in [4.78, 5) is 30.1. The number of aryl methyl sites for hydroxylation is 1. The molecule has 0 saturated heterocycles. The molecule has 5 rings (SSSR count). The van der Waals surface area contributed by atoms with E-state index < -0.39 is 5.97 Å². The third kappa shape index (κ3) is 4.23. The van der Waals surface area contributed by atoms with Gasteiger partial charge in [0.05, 0.1) is 29.1 Å². The zero-order valence-corrected chi connectivity index (χ0v) is 19.5. The number of ether oxygens (including phenoxy) is 1. The number of hydrogen-bond donors (Lipinski definition) is 1. The number of aliphatic imine (C=N–C) groups is 1. The zero-order chi connectivity index (χ0) is 24.4. The lowest BCUT2D eigenvalue weighted by molar-refractivity contribution is 0.0526. The number of carbonyl (C=O) groups excluding carboxylic acids is 1. The van der Waals surface area contributed by atoms with Crippen LogP contribution >= 0.6 is 0 Å². The second-order valence-corrected chi connectivity index (χ2v) is 8.57. The number of esters is 1. The molecule has 176 valence electrons. The van der Waals surface area contributed by atoms with Gasteiger partial charge in [-0.2, -0.15) is 0 Å². The number of pyridine rings is 1. The van der Waals surface area contributed by atoms with Crippen molar-refractivity contribution in [2.24, 2.45) is 4.99 Å². The zero-order valence-electron chi connectivity index (χ0n) is 19.5. The van der Waals surface area contributed by atoms with E-state index in [2.05, 4.69) is 6.07 Å². The van der Waals surface area contributed by atoms with Gasteiger partial charge in [0.25, 0.3) is 5.56 Å². The van der Waals surface area contributed by atoms with Gasteiger partial charge in [-0.25, -0.2) is 9.36 Å². The highest BCUT2D eigenvalue weighted by atomic mass is 16.5. The maximum atomic E-state index is 13.4. The van der Waals surface area contributed by atoms with E-state index in [-0.39, 0.29) is 18.0 Å². The lowest BCUT2D eigenvalue weighted by atomic mass is 9.90. The van der Waals surface area contributed by atoms with Crippen molar-refractivity contribution in [3.05, 3.63) is 99.3 Å². The maximum Gasteiger partial charge on any atom is 0.338 e. The van der Waals surface area contributed by atoms with Gasteiger partial charge in [-0.05, 0) is 80.1 Å². The molecule has 1 aliphatic rings. The van der Waals surface area contributed by atoms with Crippen molar-refractivity contribution in [1.82, 2.24) is 4.57 Å². The molecule has 0 aliphatic heterocycles. The Kier molecular flexibility index (Phi) is 6.19. The second kappa shape index (κ2) is 9.58. The van der Waals surface area contributed by atoms with Crippen LogP contribution in [0.1, 0.15) is 46.8 Å². The molecule has 0 saturated carbocycles. The van der Waals surface area contributed by atoms with Crippen LogP contribution in [0.5, 0.6) is 5.88 Å². The van der Waals surface area contributed by atoms with Crippen LogP contribution in [0, 0.1) is 0 Å². The van der Waals surface area contributed by atoms with E-state index in [1.165, 1.54) is 22.1 Å². The Bertz CT molecular complexity index is 1500. The predicted octanol–water partition coefficient (Wildman–Crippen LogP) is 5.50. The van der Waals surface area contributed by atoms with E-state index in [0.29, 0.717) is 27.6 Å². The van der Waals surface area contributed by atoms with Gasteiger partial charge in [0, 0.05) is 17.0 Å². The minimum atomic E-state index is -0.437. The van der Waals surface area contributed by atoms with Gasteiger partial charge in [0.1, 0.15) is 0 Å². The van der Waals surface area contributed by atoms with Crippen molar-refractivity contribution in [2.45, 2.75) is 32.6 Å². The quantitative estimate of drug-likeness (QED) is 0.311. The lowest BCUT2D eigenvalue weighted by Gasteiger charge is -2.17. The average Bonchev–Trinajstić information content (AvgIpc) is 2.89. The number of hydrogen-bond acceptors (Lipinski definition) is 5. The van der Waals surface area contributed by atoms with Gasteiger partial charge in [0.2, 0.25) is 5.88 Å². The molecule has 0 unspecified atom stereocenters. The third-order valence-corrected chi connectivity index (χ3v) is 6.44. The number of benzene rings is 3. The molecular weight excluding hydrogens is 440 g/mol. The highest BCUT2D eigenvalue weighted by Crippen LogP contribution is 2.31. The van der Waals surface area contributed by atoms with E-state index in [1.54, 1.807) is 49.5 Å². The summed E-state index contributed by atoms with van der Waals surface area (Å²) < 4.78 is 6.29. The van der Waals surface area contributed by atoms with Crippen molar-refractivity contribution in [1.29, 1.82) is 0 Å². The second-order valence-electron chi connectivity index (χ2n) is 8.57. The molecule has 3 aromatic carbocycles. The number of aromatic nitrogens is 1. The molecule has 0 radical (unpaired) electrons. The van der Waals surface area contributed by atoms with Gasteiger partial charge in [-0.1, -0.05) is 30.3 Å². The van der Waals surface area contributed by atoms with E-state index in [1.807, 2.05) is 24.3 Å². The Balaban J connectivity index is 1.64. The molecule has 6 nitrogen and oxygen atoms in total. The Morgan fingerprint density at radius 1 is 1.00 bits per heavy atom. The molecule has 0 atom stereocenters. The largest absolute Gasteiger partial charge is 0.494 e. The topological polar surface area (TPSA) is 80.9 Å². The number of aromatic hydroxyl groups is 1. The van der Waals surface area contributed by atoms with Crippen LogP contribution in [-0.4, -0.2) is 28.5 Å². The number of rotatable bonds is 5. The molecular formula is C29H26N2O4. The molecule has 0 amide bonds. The Morgan fingerprint density at radius 2 is 1.74 bits per heavy atom. The molecule has 4 aromatic rings. The SMILES string of the molecule is CCOC(=O)c1ccc(-n2c(O)c(C=Nc3cccc4c3CCCC4)c3ccccc3c2=O)cc1. The third-order valence-electron chi connectivity index (χ3n) is 6.44. The minimum Gasteiger partial charge on any atom is -0.494 e. The number of fused-ring (bicyclic) bond motifs is 2. The number of nitrogens with zero attached hydrogens (tertiary/aromatic N) is 2. The van der Waals surface area contributed by atoms with Gasteiger partial charge < -0.3 is 9.84 Å². The van der Waals surface area contributed by atoms with Gasteiger partial charge in [0.15, 0.2) is 0 Å². The molecule has 1 aliphatic carbocycles. The monoisotopic (exact) mass is 466 g/mol. The highest BCUT2D eigenvalue weighted by molar-refractivity contribution is 6.02. The summed E-state index contributed by atoms with van der Waals surface area (Å²) in [6.45, 7) is 2.02. The molecule has 6 heteroatoms. The highest BCUT2D eigenvalue weighted by Gasteiger charge is 2.18. The van der Waals surface area contributed by atoms with E-state index in [9.17, 15) is 14.7 Å².